The van der Waals surface area contributed by atoms with E-state index in [4.69, 9.17) is 4.74 Å². The first-order valence-electron chi connectivity index (χ1n) is 4.88. The fourth-order valence-electron chi connectivity index (χ4n) is 2.69. The summed E-state index contributed by atoms with van der Waals surface area (Å²) in [7, 11) is 0. The van der Waals surface area contributed by atoms with Crippen molar-refractivity contribution in [3.05, 3.63) is 16.7 Å². The van der Waals surface area contributed by atoms with Crippen LogP contribution in [0.5, 0.6) is 0 Å². The number of hydrogen-bond acceptors (Lipinski definition) is 3. The van der Waals surface area contributed by atoms with Crippen molar-refractivity contribution < 1.29 is 4.74 Å². The van der Waals surface area contributed by atoms with Crippen molar-refractivity contribution in [2.75, 3.05) is 0 Å². The van der Waals surface area contributed by atoms with Gasteiger partial charge in [-0.15, -0.1) is 4.91 Å². The third kappa shape index (κ3) is 1.26. The fraction of sp³-hybridized carbons (Fsp3) is 0.800. The largest absolute Gasteiger partial charge is 0.473 e. The molecule has 0 radical (unpaired) electrons. The Morgan fingerprint density at radius 3 is 3.00 bits per heavy atom. The van der Waals surface area contributed by atoms with Crippen LogP contribution in [-0.4, -0.2) is 6.23 Å². The van der Waals surface area contributed by atoms with Gasteiger partial charge >= 0.3 is 0 Å². The molecule has 3 nitrogen and oxygen atoms in total. The van der Waals surface area contributed by atoms with Gasteiger partial charge in [-0.25, -0.2) is 0 Å². The van der Waals surface area contributed by atoms with Gasteiger partial charge in [-0.2, -0.15) is 0 Å². The Balaban J connectivity index is 2.26. The lowest BCUT2D eigenvalue weighted by atomic mass is 9.83. The van der Waals surface area contributed by atoms with Gasteiger partial charge in [0.15, 0.2) is 0 Å². The molecule has 1 heterocycles. The minimum atomic E-state index is -0.439. The highest BCUT2D eigenvalue weighted by Gasteiger charge is 2.43. The maximum Gasteiger partial charge on any atom is 0.232 e. The van der Waals surface area contributed by atoms with Gasteiger partial charge in [-0.1, -0.05) is 6.92 Å². The molecule has 13 heavy (non-hydrogen) atoms. The molecule has 2 rings (SSSR count). The van der Waals surface area contributed by atoms with E-state index in [9.17, 15) is 4.91 Å². The van der Waals surface area contributed by atoms with Crippen molar-refractivity contribution in [3.8, 4) is 0 Å². The van der Waals surface area contributed by atoms with Crippen LogP contribution in [-0.2, 0) is 4.74 Å². The van der Waals surface area contributed by atoms with Crippen molar-refractivity contribution in [2.45, 2.75) is 32.9 Å². The lowest BCUT2D eigenvalue weighted by Gasteiger charge is -2.31. The topological polar surface area (TPSA) is 38.7 Å². The molecule has 0 N–H and O–H groups in total. The summed E-state index contributed by atoms with van der Waals surface area (Å²) in [5.41, 5.74) is 1.27. The van der Waals surface area contributed by atoms with Gasteiger partial charge in [-0.05, 0) is 42.4 Å². The fourth-order valence-corrected chi connectivity index (χ4v) is 2.69. The van der Waals surface area contributed by atoms with Crippen LogP contribution in [0, 0.1) is 22.7 Å². The Hall–Kier alpha value is -0.860. The molecule has 1 aliphatic heterocycles. The lowest BCUT2D eigenvalue weighted by Crippen LogP contribution is -2.31. The molecule has 0 aromatic heterocycles. The third-order valence-electron chi connectivity index (χ3n) is 3.47. The molecular weight excluding hydrogens is 166 g/mol. The summed E-state index contributed by atoms with van der Waals surface area (Å²) >= 11 is 0. The average Bonchev–Trinajstić information content (AvgIpc) is 2.51. The zero-order chi connectivity index (χ0) is 9.42. The van der Waals surface area contributed by atoms with Gasteiger partial charge in [-0.3, -0.25) is 0 Å². The second kappa shape index (κ2) is 3.13. The van der Waals surface area contributed by atoms with Crippen molar-refractivity contribution in [1.29, 1.82) is 0 Å². The van der Waals surface area contributed by atoms with E-state index in [1.165, 1.54) is 18.4 Å². The summed E-state index contributed by atoms with van der Waals surface area (Å²) in [6.45, 7) is 4.27. The number of hydrogen-bond donors (Lipinski definition) is 0. The van der Waals surface area contributed by atoms with E-state index in [2.05, 4.69) is 19.0 Å². The Morgan fingerprint density at radius 2 is 2.31 bits per heavy atom. The van der Waals surface area contributed by atoms with E-state index in [-0.39, 0.29) is 0 Å². The summed E-state index contributed by atoms with van der Waals surface area (Å²) < 4.78 is 5.28. The first-order valence-corrected chi connectivity index (χ1v) is 4.88. The highest BCUT2D eigenvalue weighted by molar-refractivity contribution is 5.10. The number of ether oxygens (including phenoxy) is 1. The molecule has 72 valence electrons. The van der Waals surface area contributed by atoms with Crippen molar-refractivity contribution in [2.24, 2.45) is 22.9 Å². The van der Waals surface area contributed by atoms with Crippen molar-refractivity contribution in [1.82, 2.24) is 0 Å². The summed E-state index contributed by atoms with van der Waals surface area (Å²) in [6.07, 6.45) is 3.65. The number of nitrogens with zero attached hydrogens (tertiary/aromatic N) is 1. The molecule has 1 fully saturated rings. The number of allylic oxidation sites excluding steroid dienone is 1. The zero-order valence-corrected chi connectivity index (χ0v) is 8.06. The minimum Gasteiger partial charge on any atom is -0.473 e. The lowest BCUT2D eigenvalue weighted by molar-refractivity contribution is 0.0398. The van der Waals surface area contributed by atoms with Crippen LogP contribution in [0.4, 0.5) is 0 Å². The smallest absolute Gasteiger partial charge is 0.232 e. The van der Waals surface area contributed by atoms with Crippen LogP contribution in [0.2, 0.25) is 0 Å². The monoisotopic (exact) mass is 181 g/mol. The Bertz CT molecular complexity index is 249. The molecule has 1 saturated carbocycles. The van der Waals surface area contributed by atoms with Crippen LogP contribution in [0.15, 0.2) is 17.0 Å². The number of rotatable bonds is 1. The molecule has 0 aromatic carbocycles. The predicted octanol–water partition coefficient (Wildman–Crippen LogP) is 2.68. The maximum absolute atomic E-state index is 10.6. The second-order valence-electron chi connectivity index (χ2n) is 4.23. The van der Waals surface area contributed by atoms with Crippen molar-refractivity contribution >= 4 is 0 Å². The Labute approximate surface area is 78.1 Å². The van der Waals surface area contributed by atoms with Gasteiger partial charge in [0.1, 0.15) is 0 Å². The normalized spacial score (nSPS) is 43.4. The van der Waals surface area contributed by atoms with Gasteiger partial charge in [0, 0.05) is 5.92 Å². The molecule has 0 aromatic rings. The Morgan fingerprint density at radius 1 is 1.54 bits per heavy atom. The first kappa shape index (κ1) is 8.73. The summed E-state index contributed by atoms with van der Waals surface area (Å²) in [6, 6.07) is 0. The molecular formula is C10H15NO2. The molecule has 3 heteroatoms. The molecule has 2 aliphatic rings. The van der Waals surface area contributed by atoms with Crippen LogP contribution in [0.3, 0.4) is 0 Å². The third-order valence-corrected chi connectivity index (χ3v) is 3.47. The number of fused-ring (bicyclic) bond motifs is 1. The molecule has 0 bridgehead atoms. The highest BCUT2D eigenvalue weighted by atomic mass is 16.5. The predicted molar refractivity (Wildman–Crippen MR) is 49.8 cm³/mol. The summed E-state index contributed by atoms with van der Waals surface area (Å²) in [5.74, 6) is 1.42. The molecule has 0 saturated heterocycles. The van der Waals surface area contributed by atoms with Crippen LogP contribution < -0.4 is 0 Å². The standard InChI is InChI=1S/C10H15NO2/c1-6-3-4-8-7(2)5-13-10(11-12)9(6)8/h5-6,8-10H,3-4H2,1-2H3. The SMILES string of the molecule is CC1=COC(N=O)C2C(C)CCC12. The van der Waals surface area contributed by atoms with Gasteiger partial charge in [0.2, 0.25) is 6.23 Å². The maximum atomic E-state index is 10.6. The van der Waals surface area contributed by atoms with Crippen LogP contribution >= 0.6 is 0 Å². The van der Waals surface area contributed by atoms with E-state index < -0.39 is 6.23 Å². The first-order chi connectivity index (χ1) is 6.24. The van der Waals surface area contributed by atoms with Gasteiger partial charge in [0.05, 0.1) is 6.26 Å². The average molecular weight is 181 g/mol. The molecule has 4 unspecified atom stereocenters. The molecule has 0 amide bonds. The van der Waals surface area contributed by atoms with Gasteiger partial charge < -0.3 is 4.74 Å². The van der Waals surface area contributed by atoms with Crippen LogP contribution in [0.1, 0.15) is 26.7 Å². The Kier molecular flexibility index (Phi) is 2.10. The molecule has 4 atom stereocenters. The van der Waals surface area contributed by atoms with E-state index in [1.54, 1.807) is 6.26 Å². The highest BCUT2D eigenvalue weighted by Crippen LogP contribution is 2.46. The van der Waals surface area contributed by atoms with E-state index in [0.29, 0.717) is 17.8 Å². The van der Waals surface area contributed by atoms with E-state index in [1.807, 2.05) is 0 Å². The quantitative estimate of drug-likeness (QED) is 0.583. The zero-order valence-electron chi connectivity index (χ0n) is 8.06. The van der Waals surface area contributed by atoms with Crippen LogP contribution in [0.25, 0.3) is 0 Å². The van der Waals surface area contributed by atoms with Crippen molar-refractivity contribution in [3.63, 3.8) is 0 Å². The molecule has 1 aliphatic carbocycles. The summed E-state index contributed by atoms with van der Waals surface area (Å²) in [4.78, 5) is 10.6. The summed E-state index contributed by atoms with van der Waals surface area (Å²) in [5, 5.41) is 3.06. The minimum absolute atomic E-state index is 0.322. The van der Waals surface area contributed by atoms with Gasteiger partial charge in [0.25, 0.3) is 0 Å². The molecule has 0 spiro atoms. The number of nitroso groups, excluding NO2 is 1. The second-order valence-corrected chi connectivity index (χ2v) is 4.23. The van der Waals surface area contributed by atoms with E-state index >= 15 is 0 Å². The van der Waals surface area contributed by atoms with E-state index in [0.717, 1.165) is 0 Å².